The molecule has 0 bridgehead atoms. The maximum Gasteiger partial charge on any atom is 0.338 e. The predicted molar refractivity (Wildman–Crippen MR) is 36.5 cm³/mol. The summed E-state index contributed by atoms with van der Waals surface area (Å²) in [7, 11) is 0. The van der Waals surface area contributed by atoms with E-state index in [9.17, 15) is 9.18 Å². The Morgan fingerprint density at radius 3 is 1.90 bits per heavy atom. The third-order valence-electron chi connectivity index (χ3n) is 1.75. The number of halogens is 1. The highest BCUT2D eigenvalue weighted by Gasteiger charge is 2.25. The summed E-state index contributed by atoms with van der Waals surface area (Å²) < 4.78 is 12.6. The van der Waals surface area contributed by atoms with Crippen molar-refractivity contribution < 1.29 is 14.3 Å². The molecule has 0 aromatic carbocycles. The zero-order valence-electron chi connectivity index (χ0n) is 6.47. The molecule has 0 aromatic rings. The molecule has 0 aliphatic heterocycles. The van der Waals surface area contributed by atoms with Crippen LogP contribution in [0.2, 0.25) is 0 Å². The summed E-state index contributed by atoms with van der Waals surface area (Å²) in [5, 5.41) is 8.23. The molecule has 0 rings (SSSR count). The molecule has 2 atom stereocenters. The Bertz CT molecular complexity index is 123. The van der Waals surface area contributed by atoms with E-state index in [1.807, 2.05) is 0 Å². The van der Waals surface area contributed by atoms with Crippen LogP contribution in [0.25, 0.3) is 0 Å². The molecule has 0 heterocycles. The predicted octanol–water partition coefficient (Wildman–Crippen LogP) is 1.70. The zero-order chi connectivity index (χ0) is 8.31. The van der Waals surface area contributed by atoms with Gasteiger partial charge in [-0.3, -0.25) is 0 Å². The number of carboxylic acid groups (broad SMARTS) is 1. The van der Waals surface area contributed by atoms with E-state index in [1.165, 1.54) is 0 Å². The molecule has 0 amide bonds. The van der Waals surface area contributed by atoms with Gasteiger partial charge in [0.25, 0.3) is 0 Å². The third kappa shape index (κ3) is 2.33. The van der Waals surface area contributed by atoms with Crippen molar-refractivity contribution in [3.63, 3.8) is 0 Å². The second-order valence-corrected chi connectivity index (χ2v) is 2.84. The van der Waals surface area contributed by atoms with Crippen LogP contribution in [-0.4, -0.2) is 17.2 Å². The van der Waals surface area contributed by atoms with E-state index < -0.39 is 18.1 Å². The highest BCUT2D eigenvalue weighted by atomic mass is 19.1. The van der Waals surface area contributed by atoms with Gasteiger partial charge in [0.05, 0.1) is 0 Å². The largest absolute Gasteiger partial charge is 0.479 e. The zero-order valence-corrected chi connectivity index (χ0v) is 6.47. The second-order valence-electron chi connectivity index (χ2n) is 2.84. The van der Waals surface area contributed by atoms with Gasteiger partial charge in [-0.15, -0.1) is 0 Å². The van der Waals surface area contributed by atoms with Gasteiger partial charge >= 0.3 is 5.97 Å². The maximum atomic E-state index is 12.6. The van der Waals surface area contributed by atoms with Crippen molar-refractivity contribution in [3.05, 3.63) is 0 Å². The number of alkyl halides is 1. The lowest BCUT2D eigenvalue weighted by Gasteiger charge is -2.15. The van der Waals surface area contributed by atoms with Crippen LogP contribution in [0, 0.1) is 11.8 Å². The lowest BCUT2D eigenvalue weighted by atomic mass is 9.93. The molecule has 0 aliphatic carbocycles. The van der Waals surface area contributed by atoms with Gasteiger partial charge in [0.1, 0.15) is 0 Å². The highest BCUT2D eigenvalue weighted by molar-refractivity contribution is 5.72. The molecule has 3 heteroatoms. The molecular formula is C7H13FO2. The van der Waals surface area contributed by atoms with Crippen LogP contribution < -0.4 is 0 Å². The molecule has 2 nitrogen and oxygen atoms in total. The van der Waals surface area contributed by atoms with Crippen LogP contribution in [0.15, 0.2) is 0 Å². The first kappa shape index (κ1) is 9.40. The minimum Gasteiger partial charge on any atom is -0.479 e. The van der Waals surface area contributed by atoms with Crippen LogP contribution in [0.5, 0.6) is 0 Å². The molecule has 10 heavy (non-hydrogen) atoms. The normalized spacial score (nSPS) is 16.9. The number of aliphatic carboxylic acids is 1. The van der Waals surface area contributed by atoms with Crippen molar-refractivity contribution >= 4 is 5.97 Å². The Hall–Kier alpha value is -0.600. The monoisotopic (exact) mass is 148 g/mol. The SMILES string of the molecule is CC(C)C(C)C(F)C(=O)O. The van der Waals surface area contributed by atoms with Gasteiger partial charge in [-0.2, -0.15) is 0 Å². The summed E-state index contributed by atoms with van der Waals surface area (Å²) in [5.74, 6) is -1.69. The quantitative estimate of drug-likeness (QED) is 0.661. The van der Waals surface area contributed by atoms with Gasteiger partial charge in [-0.1, -0.05) is 20.8 Å². The topological polar surface area (TPSA) is 37.3 Å². The fourth-order valence-electron chi connectivity index (χ4n) is 0.563. The summed E-state index contributed by atoms with van der Waals surface area (Å²) >= 11 is 0. The smallest absolute Gasteiger partial charge is 0.338 e. The molecule has 2 unspecified atom stereocenters. The lowest BCUT2D eigenvalue weighted by molar-refractivity contribution is -0.145. The van der Waals surface area contributed by atoms with Gasteiger partial charge in [0.2, 0.25) is 0 Å². The third-order valence-corrected chi connectivity index (χ3v) is 1.75. The van der Waals surface area contributed by atoms with E-state index in [0.29, 0.717) is 0 Å². The van der Waals surface area contributed by atoms with Gasteiger partial charge in [-0.25, -0.2) is 9.18 Å². The number of rotatable bonds is 3. The summed E-state index contributed by atoms with van der Waals surface area (Å²) in [6, 6.07) is 0. The van der Waals surface area contributed by atoms with Crippen LogP contribution in [0.3, 0.4) is 0 Å². The minimum absolute atomic E-state index is 0.0751. The van der Waals surface area contributed by atoms with Crippen molar-refractivity contribution in [3.8, 4) is 0 Å². The number of carbonyl (C=O) groups is 1. The van der Waals surface area contributed by atoms with Crippen molar-refractivity contribution in [1.82, 2.24) is 0 Å². The highest BCUT2D eigenvalue weighted by Crippen LogP contribution is 2.16. The Labute approximate surface area is 60.1 Å². The molecule has 0 spiro atoms. The first-order valence-electron chi connectivity index (χ1n) is 3.33. The van der Waals surface area contributed by atoms with E-state index in [-0.39, 0.29) is 5.92 Å². The lowest BCUT2D eigenvalue weighted by Crippen LogP contribution is -2.26. The first-order chi connectivity index (χ1) is 4.46. The van der Waals surface area contributed by atoms with Crippen LogP contribution >= 0.6 is 0 Å². The van der Waals surface area contributed by atoms with Gasteiger partial charge < -0.3 is 5.11 Å². The van der Waals surface area contributed by atoms with E-state index in [2.05, 4.69) is 0 Å². The molecule has 0 aliphatic rings. The summed E-state index contributed by atoms with van der Waals surface area (Å²) in [6.07, 6.45) is -1.72. The van der Waals surface area contributed by atoms with Crippen molar-refractivity contribution in [1.29, 1.82) is 0 Å². The molecule has 0 radical (unpaired) electrons. The van der Waals surface area contributed by atoms with Crippen LogP contribution in [-0.2, 0) is 4.79 Å². The molecular weight excluding hydrogens is 135 g/mol. The van der Waals surface area contributed by atoms with Crippen molar-refractivity contribution in [2.75, 3.05) is 0 Å². The van der Waals surface area contributed by atoms with E-state index in [4.69, 9.17) is 5.11 Å². The molecule has 0 aromatic heterocycles. The molecule has 1 N–H and O–H groups in total. The first-order valence-corrected chi connectivity index (χ1v) is 3.33. The summed E-state index contributed by atoms with van der Waals surface area (Å²) in [4.78, 5) is 10.1. The fourth-order valence-corrected chi connectivity index (χ4v) is 0.563. The molecule has 0 fully saturated rings. The Morgan fingerprint density at radius 1 is 1.40 bits per heavy atom. The van der Waals surface area contributed by atoms with Crippen molar-refractivity contribution in [2.24, 2.45) is 11.8 Å². The second kappa shape index (κ2) is 3.54. The van der Waals surface area contributed by atoms with Gasteiger partial charge in [0, 0.05) is 5.92 Å². The number of hydrogen-bond acceptors (Lipinski definition) is 1. The molecule has 0 saturated carbocycles. The van der Waals surface area contributed by atoms with Crippen molar-refractivity contribution in [2.45, 2.75) is 26.9 Å². The Morgan fingerprint density at radius 2 is 1.80 bits per heavy atom. The number of carboxylic acids is 1. The average molecular weight is 148 g/mol. The summed E-state index contributed by atoms with van der Waals surface area (Å²) in [6.45, 7) is 5.21. The van der Waals surface area contributed by atoms with Gasteiger partial charge in [0.15, 0.2) is 6.17 Å². The van der Waals surface area contributed by atoms with Crippen LogP contribution in [0.1, 0.15) is 20.8 Å². The Balaban J connectivity index is 3.94. The summed E-state index contributed by atoms with van der Waals surface area (Å²) in [5.41, 5.74) is 0. The number of hydrogen-bond donors (Lipinski definition) is 1. The fraction of sp³-hybridized carbons (Fsp3) is 0.857. The van der Waals surface area contributed by atoms with E-state index in [0.717, 1.165) is 0 Å². The minimum atomic E-state index is -1.72. The molecule has 0 saturated heterocycles. The average Bonchev–Trinajstić information content (AvgIpc) is 1.84. The van der Waals surface area contributed by atoms with E-state index in [1.54, 1.807) is 20.8 Å². The molecule has 60 valence electrons. The van der Waals surface area contributed by atoms with Gasteiger partial charge in [-0.05, 0) is 5.92 Å². The van der Waals surface area contributed by atoms with Crippen LogP contribution in [0.4, 0.5) is 4.39 Å². The Kier molecular flexibility index (Phi) is 3.33. The standard InChI is InChI=1S/C7H13FO2/c1-4(2)5(3)6(8)7(9)10/h4-6H,1-3H3,(H,9,10). The van der Waals surface area contributed by atoms with E-state index >= 15 is 0 Å². The maximum absolute atomic E-state index is 12.6.